The standard InChI is InChI=1S/C24H31N3O2/c1-4-19(5-2)24(28)25-18(3)23-26-21-14-9-10-15-22(21)27(23)16-11-17-29-20-12-7-6-8-13-20/h6-10,12-15,18-19H,4-5,11,16-17H2,1-3H3,(H,25,28). The molecule has 154 valence electrons. The Balaban J connectivity index is 1.72. The molecule has 0 aliphatic heterocycles. The number of amides is 1. The van der Waals surface area contributed by atoms with Crippen LogP contribution in [0.15, 0.2) is 54.6 Å². The number of aryl methyl sites for hydroxylation is 1. The van der Waals surface area contributed by atoms with Gasteiger partial charge in [0.05, 0.1) is 23.7 Å². The molecule has 2 aromatic carbocycles. The molecule has 0 aliphatic carbocycles. The van der Waals surface area contributed by atoms with Gasteiger partial charge in [-0.3, -0.25) is 4.79 Å². The summed E-state index contributed by atoms with van der Waals surface area (Å²) in [5, 5.41) is 3.16. The number of carbonyl (C=O) groups is 1. The Bertz CT molecular complexity index is 916. The highest BCUT2D eigenvalue weighted by atomic mass is 16.5. The van der Waals surface area contributed by atoms with Crippen LogP contribution in [-0.4, -0.2) is 22.1 Å². The molecule has 5 nitrogen and oxygen atoms in total. The number of rotatable bonds is 10. The molecule has 0 aliphatic rings. The number of aromatic nitrogens is 2. The van der Waals surface area contributed by atoms with Gasteiger partial charge in [-0.1, -0.05) is 44.2 Å². The third kappa shape index (κ3) is 5.17. The summed E-state index contributed by atoms with van der Waals surface area (Å²) in [5.74, 6) is 1.93. The molecule has 1 amide bonds. The molecular formula is C24H31N3O2. The second kappa shape index (κ2) is 10.1. The fourth-order valence-electron chi connectivity index (χ4n) is 3.64. The van der Waals surface area contributed by atoms with Crippen LogP contribution in [0.2, 0.25) is 0 Å². The zero-order valence-corrected chi connectivity index (χ0v) is 17.6. The normalized spacial score (nSPS) is 12.3. The van der Waals surface area contributed by atoms with Gasteiger partial charge in [0.15, 0.2) is 0 Å². The van der Waals surface area contributed by atoms with Gasteiger partial charge in [-0.05, 0) is 50.5 Å². The molecule has 1 N–H and O–H groups in total. The van der Waals surface area contributed by atoms with Gasteiger partial charge in [0.2, 0.25) is 5.91 Å². The smallest absolute Gasteiger partial charge is 0.223 e. The van der Waals surface area contributed by atoms with Crippen LogP contribution in [0.3, 0.4) is 0 Å². The quantitative estimate of drug-likeness (QED) is 0.487. The van der Waals surface area contributed by atoms with Crippen molar-refractivity contribution in [2.45, 2.75) is 52.6 Å². The van der Waals surface area contributed by atoms with Crippen LogP contribution in [0.5, 0.6) is 5.75 Å². The molecule has 0 saturated carbocycles. The van der Waals surface area contributed by atoms with E-state index < -0.39 is 0 Å². The van der Waals surface area contributed by atoms with E-state index in [1.807, 2.05) is 55.5 Å². The maximum Gasteiger partial charge on any atom is 0.223 e. The Morgan fingerprint density at radius 1 is 1.07 bits per heavy atom. The molecule has 1 heterocycles. The van der Waals surface area contributed by atoms with E-state index in [2.05, 4.69) is 29.8 Å². The van der Waals surface area contributed by atoms with Crippen LogP contribution < -0.4 is 10.1 Å². The lowest BCUT2D eigenvalue weighted by molar-refractivity contribution is -0.125. The topological polar surface area (TPSA) is 56.2 Å². The fraction of sp³-hybridized carbons (Fsp3) is 0.417. The summed E-state index contributed by atoms with van der Waals surface area (Å²) in [6.45, 7) is 7.54. The zero-order chi connectivity index (χ0) is 20.6. The van der Waals surface area contributed by atoms with Crippen molar-refractivity contribution in [2.75, 3.05) is 6.61 Å². The number of carbonyl (C=O) groups excluding carboxylic acids is 1. The number of nitrogens with zero attached hydrogens (tertiary/aromatic N) is 2. The minimum Gasteiger partial charge on any atom is -0.494 e. The molecule has 0 saturated heterocycles. The molecule has 3 aromatic rings. The third-order valence-electron chi connectivity index (χ3n) is 5.32. The highest BCUT2D eigenvalue weighted by Gasteiger charge is 2.21. The van der Waals surface area contributed by atoms with E-state index in [9.17, 15) is 4.79 Å². The van der Waals surface area contributed by atoms with Crippen molar-refractivity contribution >= 4 is 16.9 Å². The monoisotopic (exact) mass is 393 g/mol. The average Bonchev–Trinajstić information content (AvgIpc) is 3.11. The van der Waals surface area contributed by atoms with Crippen LogP contribution in [0, 0.1) is 5.92 Å². The van der Waals surface area contributed by atoms with E-state index >= 15 is 0 Å². The first kappa shape index (κ1) is 20.9. The number of nitrogens with one attached hydrogen (secondary N) is 1. The Hall–Kier alpha value is -2.82. The van der Waals surface area contributed by atoms with E-state index in [1.54, 1.807) is 0 Å². The van der Waals surface area contributed by atoms with Crippen molar-refractivity contribution < 1.29 is 9.53 Å². The van der Waals surface area contributed by atoms with E-state index in [4.69, 9.17) is 9.72 Å². The first-order chi connectivity index (χ1) is 14.1. The van der Waals surface area contributed by atoms with Crippen molar-refractivity contribution in [3.63, 3.8) is 0 Å². The number of hydrogen-bond donors (Lipinski definition) is 1. The number of benzene rings is 2. The summed E-state index contributed by atoms with van der Waals surface area (Å²) in [6.07, 6.45) is 2.56. The molecule has 3 rings (SSSR count). The molecule has 1 aromatic heterocycles. The van der Waals surface area contributed by atoms with Crippen LogP contribution in [0.4, 0.5) is 0 Å². The van der Waals surface area contributed by atoms with Crippen LogP contribution >= 0.6 is 0 Å². The van der Waals surface area contributed by atoms with Gasteiger partial charge in [-0.2, -0.15) is 0 Å². The Kier molecular flexibility index (Phi) is 7.28. The number of para-hydroxylation sites is 3. The summed E-state index contributed by atoms with van der Waals surface area (Å²) in [6, 6.07) is 17.8. The largest absolute Gasteiger partial charge is 0.494 e. The molecule has 29 heavy (non-hydrogen) atoms. The van der Waals surface area contributed by atoms with Gasteiger partial charge in [0, 0.05) is 12.5 Å². The van der Waals surface area contributed by atoms with Crippen LogP contribution in [0.1, 0.15) is 51.9 Å². The Morgan fingerprint density at radius 3 is 2.48 bits per heavy atom. The Labute approximate surface area is 173 Å². The molecule has 0 bridgehead atoms. The second-order valence-electron chi connectivity index (χ2n) is 7.37. The van der Waals surface area contributed by atoms with Crippen LogP contribution in [-0.2, 0) is 11.3 Å². The van der Waals surface area contributed by atoms with Gasteiger partial charge >= 0.3 is 0 Å². The molecule has 5 heteroatoms. The summed E-state index contributed by atoms with van der Waals surface area (Å²) >= 11 is 0. The van der Waals surface area contributed by atoms with Gasteiger partial charge in [-0.15, -0.1) is 0 Å². The van der Waals surface area contributed by atoms with E-state index in [-0.39, 0.29) is 17.9 Å². The molecule has 1 atom stereocenters. The zero-order valence-electron chi connectivity index (χ0n) is 17.6. The van der Waals surface area contributed by atoms with Gasteiger partial charge in [0.1, 0.15) is 11.6 Å². The fourth-order valence-corrected chi connectivity index (χ4v) is 3.64. The average molecular weight is 394 g/mol. The third-order valence-corrected chi connectivity index (χ3v) is 5.32. The lowest BCUT2D eigenvalue weighted by atomic mass is 10.0. The van der Waals surface area contributed by atoms with Gasteiger partial charge in [0.25, 0.3) is 0 Å². The lowest BCUT2D eigenvalue weighted by Crippen LogP contribution is -2.33. The predicted molar refractivity (Wildman–Crippen MR) is 117 cm³/mol. The van der Waals surface area contributed by atoms with Crippen molar-refractivity contribution in [3.8, 4) is 5.75 Å². The summed E-state index contributed by atoms with van der Waals surface area (Å²) in [5.41, 5.74) is 2.04. The van der Waals surface area contributed by atoms with Crippen molar-refractivity contribution in [3.05, 3.63) is 60.4 Å². The van der Waals surface area contributed by atoms with Crippen LogP contribution in [0.25, 0.3) is 11.0 Å². The summed E-state index contributed by atoms with van der Waals surface area (Å²) < 4.78 is 8.05. The van der Waals surface area contributed by atoms with Crippen molar-refractivity contribution in [1.29, 1.82) is 0 Å². The molecule has 1 unspecified atom stereocenters. The minimum absolute atomic E-state index is 0.0505. The van der Waals surface area contributed by atoms with Gasteiger partial charge in [-0.25, -0.2) is 4.98 Å². The lowest BCUT2D eigenvalue weighted by Gasteiger charge is -2.19. The number of ether oxygens (including phenoxy) is 1. The van der Waals surface area contributed by atoms with E-state index in [0.29, 0.717) is 6.61 Å². The predicted octanol–water partition coefficient (Wildman–Crippen LogP) is 5.12. The van der Waals surface area contributed by atoms with Gasteiger partial charge < -0.3 is 14.6 Å². The minimum atomic E-state index is -0.148. The molecular weight excluding hydrogens is 362 g/mol. The Morgan fingerprint density at radius 2 is 1.76 bits per heavy atom. The highest BCUT2D eigenvalue weighted by molar-refractivity contribution is 5.79. The maximum absolute atomic E-state index is 12.6. The first-order valence-corrected chi connectivity index (χ1v) is 10.6. The molecule has 0 radical (unpaired) electrons. The van der Waals surface area contributed by atoms with Crippen molar-refractivity contribution in [1.82, 2.24) is 14.9 Å². The second-order valence-corrected chi connectivity index (χ2v) is 7.37. The summed E-state index contributed by atoms with van der Waals surface area (Å²) in [7, 11) is 0. The SMILES string of the molecule is CCC(CC)C(=O)NC(C)c1nc2ccccc2n1CCCOc1ccccc1. The van der Waals surface area contributed by atoms with Crippen molar-refractivity contribution in [2.24, 2.45) is 5.92 Å². The first-order valence-electron chi connectivity index (χ1n) is 10.6. The highest BCUT2D eigenvalue weighted by Crippen LogP contribution is 2.22. The number of imidazole rings is 1. The van der Waals surface area contributed by atoms with E-state index in [0.717, 1.165) is 48.4 Å². The maximum atomic E-state index is 12.6. The number of hydrogen-bond acceptors (Lipinski definition) is 3. The molecule has 0 spiro atoms. The summed E-state index contributed by atoms with van der Waals surface area (Å²) in [4.78, 5) is 17.4. The number of fused-ring (bicyclic) bond motifs is 1. The molecule has 0 fully saturated rings. The van der Waals surface area contributed by atoms with E-state index in [1.165, 1.54) is 0 Å².